The second-order valence-electron chi connectivity index (χ2n) is 3.90. The molecular weight excluding hydrogens is 220 g/mol. The van der Waals surface area contributed by atoms with Gasteiger partial charge in [0.15, 0.2) is 12.1 Å². The lowest BCUT2D eigenvalue weighted by Gasteiger charge is -2.04. The molecule has 0 aliphatic heterocycles. The number of carbonyl (C=O) groups excluding carboxylic acids is 2. The van der Waals surface area contributed by atoms with E-state index in [-0.39, 0.29) is 5.78 Å². The lowest BCUT2D eigenvalue weighted by atomic mass is 9.99. The predicted molar refractivity (Wildman–Crippen MR) is 65.8 cm³/mol. The number of hydrogen-bond acceptors (Lipinski definition) is 3. The fourth-order valence-corrected chi connectivity index (χ4v) is 2.95. The van der Waals surface area contributed by atoms with Gasteiger partial charge >= 0.3 is 0 Å². The topological polar surface area (TPSA) is 34.1 Å². The van der Waals surface area contributed by atoms with Crippen molar-refractivity contribution in [3.8, 4) is 0 Å². The number of thiophene rings is 1. The van der Waals surface area contributed by atoms with Crippen LogP contribution in [0.4, 0.5) is 0 Å². The van der Waals surface area contributed by atoms with Crippen LogP contribution in [0.25, 0.3) is 5.57 Å². The van der Waals surface area contributed by atoms with E-state index in [1.165, 1.54) is 11.3 Å². The summed E-state index contributed by atoms with van der Waals surface area (Å²) in [6.07, 6.45) is 4.28. The first kappa shape index (κ1) is 11.3. The third-order valence-electron chi connectivity index (χ3n) is 3.00. The van der Waals surface area contributed by atoms with E-state index in [4.69, 9.17) is 0 Å². The van der Waals surface area contributed by atoms with Gasteiger partial charge in [-0.05, 0) is 47.4 Å². The van der Waals surface area contributed by atoms with Crippen LogP contribution in [0.1, 0.15) is 47.8 Å². The molecule has 1 aromatic rings. The van der Waals surface area contributed by atoms with E-state index >= 15 is 0 Å². The van der Waals surface area contributed by atoms with Crippen LogP contribution in [-0.4, -0.2) is 12.1 Å². The highest BCUT2D eigenvalue weighted by Gasteiger charge is 2.22. The van der Waals surface area contributed by atoms with E-state index in [1.807, 2.05) is 18.4 Å². The summed E-state index contributed by atoms with van der Waals surface area (Å²) in [7, 11) is 0. The number of ketones is 1. The molecule has 1 aliphatic carbocycles. The average Bonchev–Trinajstić information content (AvgIpc) is 2.94. The van der Waals surface area contributed by atoms with Crippen molar-refractivity contribution in [3.05, 3.63) is 27.5 Å². The summed E-state index contributed by atoms with van der Waals surface area (Å²) in [5.41, 5.74) is 3.04. The molecule has 0 radical (unpaired) electrons. The highest BCUT2D eigenvalue weighted by molar-refractivity contribution is 7.12. The molecule has 0 spiro atoms. The first-order valence-corrected chi connectivity index (χ1v) is 6.44. The average molecular weight is 234 g/mol. The minimum Gasteiger partial charge on any atom is -0.297 e. The molecule has 0 unspecified atom stereocenters. The third-order valence-corrected chi connectivity index (χ3v) is 3.85. The number of allylic oxidation sites excluding steroid dienone is 2. The second kappa shape index (κ2) is 4.74. The summed E-state index contributed by atoms with van der Waals surface area (Å²) in [5, 5.41) is 1.92. The van der Waals surface area contributed by atoms with Crippen LogP contribution in [-0.2, 0) is 4.79 Å². The Bertz CT molecular complexity index is 454. The quantitative estimate of drug-likeness (QED) is 0.747. The van der Waals surface area contributed by atoms with Crippen LogP contribution in [0.2, 0.25) is 0 Å². The van der Waals surface area contributed by atoms with Gasteiger partial charge in [-0.15, -0.1) is 11.3 Å². The van der Waals surface area contributed by atoms with Crippen LogP contribution in [0.15, 0.2) is 17.0 Å². The first-order valence-electron chi connectivity index (χ1n) is 5.56. The normalized spacial score (nSPS) is 15.6. The van der Waals surface area contributed by atoms with E-state index < -0.39 is 0 Å². The largest absolute Gasteiger partial charge is 0.297 e. The number of hydrogen-bond donors (Lipinski definition) is 0. The molecule has 0 atom stereocenters. The second-order valence-corrected chi connectivity index (χ2v) is 4.85. The number of aldehydes is 1. The maximum atomic E-state index is 11.8. The minimum atomic E-state index is 0.232. The van der Waals surface area contributed by atoms with Gasteiger partial charge in [0.1, 0.15) is 0 Å². The van der Waals surface area contributed by atoms with Crippen molar-refractivity contribution in [2.45, 2.75) is 32.6 Å². The molecule has 0 amide bonds. The number of Topliss-reactive ketones (excluding diaryl/α,β-unsaturated/α-hetero) is 1. The Morgan fingerprint density at radius 1 is 1.50 bits per heavy atom. The summed E-state index contributed by atoms with van der Waals surface area (Å²) in [6, 6.07) is 1.96. The van der Waals surface area contributed by atoms with Gasteiger partial charge in [-0.3, -0.25) is 9.59 Å². The fraction of sp³-hybridized carbons (Fsp3) is 0.385. The zero-order valence-corrected chi connectivity index (χ0v) is 10.1. The molecule has 0 saturated carbocycles. The van der Waals surface area contributed by atoms with Gasteiger partial charge in [0.25, 0.3) is 0 Å². The summed E-state index contributed by atoms with van der Waals surface area (Å²) in [5.74, 6) is 0.232. The molecule has 2 rings (SSSR count). The summed E-state index contributed by atoms with van der Waals surface area (Å²) in [6.45, 7) is 1.89. The van der Waals surface area contributed by atoms with E-state index in [1.54, 1.807) is 0 Å². The Balaban J connectivity index is 2.45. The van der Waals surface area contributed by atoms with Crippen LogP contribution >= 0.6 is 11.3 Å². The molecule has 0 fully saturated rings. The molecule has 3 heteroatoms. The molecule has 84 valence electrons. The molecule has 16 heavy (non-hydrogen) atoms. The maximum absolute atomic E-state index is 11.8. The molecule has 2 nitrogen and oxygen atoms in total. The van der Waals surface area contributed by atoms with Gasteiger partial charge in [-0.2, -0.15) is 0 Å². The van der Waals surface area contributed by atoms with Crippen LogP contribution in [0.5, 0.6) is 0 Å². The monoisotopic (exact) mass is 234 g/mol. The van der Waals surface area contributed by atoms with E-state index in [0.29, 0.717) is 6.42 Å². The van der Waals surface area contributed by atoms with Crippen LogP contribution in [0.3, 0.4) is 0 Å². The Morgan fingerprint density at radius 3 is 3.00 bits per heavy atom. The third kappa shape index (κ3) is 1.87. The van der Waals surface area contributed by atoms with Crippen molar-refractivity contribution < 1.29 is 9.59 Å². The van der Waals surface area contributed by atoms with Gasteiger partial charge in [0, 0.05) is 6.42 Å². The smallest absolute Gasteiger partial charge is 0.160 e. The summed E-state index contributed by atoms with van der Waals surface area (Å²) < 4.78 is 0. The molecule has 1 aliphatic rings. The van der Waals surface area contributed by atoms with E-state index in [2.05, 4.69) is 0 Å². The van der Waals surface area contributed by atoms with E-state index in [0.717, 1.165) is 47.1 Å². The maximum Gasteiger partial charge on any atom is 0.160 e. The van der Waals surface area contributed by atoms with Crippen molar-refractivity contribution in [1.29, 1.82) is 0 Å². The zero-order valence-electron chi connectivity index (χ0n) is 9.29. The highest BCUT2D eigenvalue weighted by atomic mass is 32.1. The van der Waals surface area contributed by atoms with Crippen molar-refractivity contribution in [3.63, 3.8) is 0 Å². The lowest BCUT2D eigenvalue weighted by molar-refractivity contribution is -0.115. The molecule has 0 N–H and O–H groups in total. The Kier molecular flexibility index (Phi) is 3.34. The Morgan fingerprint density at radius 2 is 2.31 bits per heavy atom. The Hall–Kier alpha value is -1.22. The molecule has 0 bridgehead atoms. The Labute approximate surface area is 99.0 Å². The number of carbonyl (C=O) groups is 2. The van der Waals surface area contributed by atoms with Crippen LogP contribution in [0, 0.1) is 0 Å². The van der Waals surface area contributed by atoms with Crippen molar-refractivity contribution in [2.75, 3.05) is 0 Å². The SMILES string of the molecule is CCC(=O)C1=C(c2ccsc2C=O)CCC1. The standard InChI is InChI=1S/C13H14O2S/c1-2-12(15)10-5-3-4-9(10)11-6-7-16-13(11)8-14/h6-8H,2-5H2,1H3. The van der Waals surface area contributed by atoms with Crippen molar-refractivity contribution in [2.24, 2.45) is 0 Å². The predicted octanol–water partition coefficient (Wildman–Crippen LogP) is 3.48. The first-order chi connectivity index (χ1) is 7.77. The minimum absolute atomic E-state index is 0.232. The zero-order chi connectivity index (χ0) is 11.5. The van der Waals surface area contributed by atoms with Gasteiger partial charge in [0.2, 0.25) is 0 Å². The summed E-state index contributed by atoms with van der Waals surface area (Å²) >= 11 is 1.44. The summed E-state index contributed by atoms with van der Waals surface area (Å²) in [4.78, 5) is 23.4. The van der Waals surface area contributed by atoms with Crippen LogP contribution < -0.4 is 0 Å². The van der Waals surface area contributed by atoms with Gasteiger partial charge in [-0.25, -0.2) is 0 Å². The molecular formula is C13H14O2S. The molecule has 0 saturated heterocycles. The van der Waals surface area contributed by atoms with Crippen molar-refractivity contribution in [1.82, 2.24) is 0 Å². The van der Waals surface area contributed by atoms with Crippen molar-refractivity contribution >= 4 is 29.0 Å². The fourth-order valence-electron chi connectivity index (χ4n) is 2.22. The molecule has 1 aromatic heterocycles. The number of rotatable bonds is 4. The van der Waals surface area contributed by atoms with Gasteiger partial charge in [-0.1, -0.05) is 6.92 Å². The van der Waals surface area contributed by atoms with E-state index in [9.17, 15) is 9.59 Å². The van der Waals surface area contributed by atoms with Gasteiger partial charge in [0.05, 0.1) is 4.88 Å². The van der Waals surface area contributed by atoms with Gasteiger partial charge < -0.3 is 0 Å². The lowest BCUT2D eigenvalue weighted by Crippen LogP contribution is -2.00. The molecule has 0 aromatic carbocycles. The molecule has 1 heterocycles. The highest BCUT2D eigenvalue weighted by Crippen LogP contribution is 2.37.